The lowest BCUT2D eigenvalue weighted by molar-refractivity contribution is 0.352. The molecule has 0 spiro atoms. The normalized spacial score (nSPS) is 11.0. The van der Waals surface area contributed by atoms with Gasteiger partial charge in [0.1, 0.15) is 0 Å². The summed E-state index contributed by atoms with van der Waals surface area (Å²) in [6.45, 7) is 25.9. The van der Waals surface area contributed by atoms with Crippen LogP contribution < -0.4 is 4.74 Å². The zero-order valence-electron chi connectivity index (χ0n) is 23.4. The fourth-order valence-corrected chi connectivity index (χ4v) is 2.72. The average molecular weight is 520 g/mol. The van der Waals surface area contributed by atoms with Gasteiger partial charge in [-0.15, -0.1) is 6.42 Å². The molecule has 0 aromatic carbocycles. The van der Waals surface area contributed by atoms with E-state index < -0.39 is 0 Å². The SMILES string of the molecule is C#CCOc1cnc(C(C)(C)C)cn1.CC(C)(C)c1ccc(Cl)cn1.[C-]#[N+]c1ccc(C(C)(C)C)nc1. The lowest BCUT2D eigenvalue weighted by atomic mass is 9.92. The van der Waals surface area contributed by atoms with Gasteiger partial charge in [-0.05, 0) is 12.1 Å². The molecular formula is C30H38ClN5O. The standard InChI is InChI=1S/C11H14N2O.C10H12N2.C9H12ClN/c1-5-6-14-10-8-12-9(7-13-10)11(2,3)4;1-10(2,3)9-6-5-8(11-4)7-12-9;1-9(2,3)8-5-4-7(10)6-11-8/h1,7-8H,6H2,2-4H3;5-7H,1-3H3;4-6H,1-3H3. The summed E-state index contributed by atoms with van der Waals surface area (Å²) in [5, 5.41) is 0.693. The molecular weight excluding hydrogens is 482 g/mol. The van der Waals surface area contributed by atoms with E-state index in [1.165, 1.54) is 0 Å². The summed E-state index contributed by atoms with van der Waals surface area (Å²) in [4.78, 5) is 20.1. The molecule has 0 aliphatic rings. The number of ether oxygens (including phenoxy) is 1. The monoisotopic (exact) mass is 519 g/mol. The van der Waals surface area contributed by atoms with Gasteiger partial charge >= 0.3 is 0 Å². The molecule has 37 heavy (non-hydrogen) atoms. The van der Waals surface area contributed by atoms with Crippen molar-refractivity contribution in [3.63, 3.8) is 0 Å². The largest absolute Gasteiger partial charge is 0.463 e. The van der Waals surface area contributed by atoms with Gasteiger partial charge in [-0.2, -0.15) is 0 Å². The molecule has 0 unspecified atom stereocenters. The molecule has 3 aromatic rings. The maximum atomic E-state index is 6.76. The van der Waals surface area contributed by atoms with E-state index in [4.69, 9.17) is 29.3 Å². The van der Waals surface area contributed by atoms with Crippen LogP contribution in [-0.2, 0) is 16.2 Å². The number of terminal acetylenes is 1. The topological polar surface area (TPSA) is 65.2 Å². The van der Waals surface area contributed by atoms with Crippen LogP contribution in [0, 0.1) is 18.9 Å². The van der Waals surface area contributed by atoms with Crippen LogP contribution >= 0.6 is 11.6 Å². The second-order valence-corrected chi connectivity index (χ2v) is 11.8. The quantitative estimate of drug-likeness (QED) is 0.256. The fraction of sp³-hybridized carbons (Fsp3) is 0.433. The maximum Gasteiger partial charge on any atom is 0.233 e. The minimum absolute atomic E-state index is 0.0116. The molecule has 7 heteroatoms. The van der Waals surface area contributed by atoms with Crippen LogP contribution in [0.1, 0.15) is 79.4 Å². The van der Waals surface area contributed by atoms with Gasteiger partial charge in [0, 0.05) is 40.0 Å². The van der Waals surface area contributed by atoms with E-state index in [9.17, 15) is 0 Å². The highest BCUT2D eigenvalue weighted by molar-refractivity contribution is 6.30. The molecule has 0 radical (unpaired) electrons. The summed E-state index contributed by atoms with van der Waals surface area (Å²) in [7, 11) is 0. The van der Waals surface area contributed by atoms with Crippen molar-refractivity contribution in [2.24, 2.45) is 0 Å². The third kappa shape index (κ3) is 11.9. The molecule has 0 saturated heterocycles. The van der Waals surface area contributed by atoms with Crippen molar-refractivity contribution in [3.8, 4) is 18.2 Å². The molecule has 0 aliphatic carbocycles. The van der Waals surface area contributed by atoms with Crippen molar-refractivity contribution in [2.75, 3.05) is 6.61 Å². The van der Waals surface area contributed by atoms with Crippen LogP contribution in [0.2, 0.25) is 5.02 Å². The minimum Gasteiger partial charge on any atom is -0.463 e. The van der Waals surface area contributed by atoms with Gasteiger partial charge in [0.05, 0.1) is 29.7 Å². The summed E-state index contributed by atoms with van der Waals surface area (Å²) in [5.74, 6) is 2.84. The Kier molecular flexibility index (Phi) is 11.7. The van der Waals surface area contributed by atoms with Crippen LogP contribution in [0.4, 0.5) is 5.69 Å². The summed E-state index contributed by atoms with van der Waals surface area (Å²) >= 11 is 5.70. The lowest BCUT2D eigenvalue weighted by Gasteiger charge is -2.16. The Hall–Kier alpha value is -3.48. The number of pyridine rings is 2. The summed E-state index contributed by atoms with van der Waals surface area (Å²) in [6.07, 6.45) is 11.7. The summed E-state index contributed by atoms with van der Waals surface area (Å²) in [5.41, 5.74) is 3.83. The minimum atomic E-state index is 0.0116. The molecule has 0 aliphatic heterocycles. The Labute approximate surface area is 227 Å². The van der Waals surface area contributed by atoms with Gasteiger partial charge in [0.15, 0.2) is 6.61 Å². The van der Waals surface area contributed by atoms with Gasteiger partial charge in [-0.3, -0.25) is 15.0 Å². The van der Waals surface area contributed by atoms with Crippen LogP contribution in [0.5, 0.6) is 5.88 Å². The molecule has 0 fully saturated rings. The number of halogens is 1. The van der Waals surface area contributed by atoms with E-state index in [0.717, 1.165) is 17.1 Å². The number of nitrogens with zero attached hydrogens (tertiary/aromatic N) is 5. The Balaban J connectivity index is 0.000000280. The average Bonchev–Trinajstić information content (AvgIpc) is 2.82. The number of aromatic nitrogens is 4. The van der Waals surface area contributed by atoms with E-state index in [2.05, 4.69) is 93.0 Å². The first-order chi connectivity index (χ1) is 17.1. The summed E-state index contributed by atoms with van der Waals surface area (Å²) in [6, 6.07) is 7.55. The predicted molar refractivity (Wildman–Crippen MR) is 152 cm³/mol. The van der Waals surface area contributed by atoms with Crippen LogP contribution in [0.15, 0.2) is 49.1 Å². The van der Waals surface area contributed by atoms with E-state index in [0.29, 0.717) is 16.6 Å². The smallest absolute Gasteiger partial charge is 0.233 e. The first-order valence-electron chi connectivity index (χ1n) is 11.9. The maximum absolute atomic E-state index is 6.76. The third-order valence-electron chi connectivity index (χ3n) is 4.84. The van der Waals surface area contributed by atoms with Crippen molar-refractivity contribution in [3.05, 3.63) is 82.6 Å². The van der Waals surface area contributed by atoms with Gasteiger partial charge in [-0.25, -0.2) is 9.83 Å². The van der Waals surface area contributed by atoms with E-state index in [1.54, 1.807) is 30.9 Å². The lowest BCUT2D eigenvalue weighted by Crippen LogP contribution is -2.13. The highest BCUT2D eigenvalue weighted by atomic mass is 35.5. The first-order valence-corrected chi connectivity index (χ1v) is 12.3. The Morgan fingerprint density at radius 2 is 1.27 bits per heavy atom. The van der Waals surface area contributed by atoms with Crippen LogP contribution in [0.3, 0.4) is 0 Å². The van der Waals surface area contributed by atoms with Gasteiger partial charge in [0.2, 0.25) is 11.6 Å². The molecule has 0 atom stereocenters. The second-order valence-electron chi connectivity index (χ2n) is 11.4. The molecule has 0 saturated carbocycles. The number of rotatable bonds is 2. The van der Waals surface area contributed by atoms with E-state index >= 15 is 0 Å². The van der Waals surface area contributed by atoms with Crippen LogP contribution in [-0.4, -0.2) is 26.5 Å². The Bertz CT molecular complexity index is 1170. The van der Waals surface area contributed by atoms with Crippen molar-refractivity contribution in [1.29, 1.82) is 0 Å². The second kappa shape index (κ2) is 13.7. The highest BCUT2D eigenvalue weighted by Crippen LogP contribution is 2.22. The highest BCUT2D eigenvalue weighted by Gasteiger charge is 2.16. The molecule has 0 bridgehead atoms. The van der Waals surface area contributed by atoms with E-state index in [-0.39, 0.29) is 22.9 Å². The van der Waals surface area contributed by atoms with Gasteiger partial charge in [0.25, 0.3) is 0 Å². The molecule has 0 amide bonds. The van der Waals surface area contributed by atoms with E-state index in [1.807, 2.05) is 18.2 Å². The zero-order valence-corrected chi connectivity index (χ0v) is 24.2. The molecule has 0 N–H and O–H groups in total. The van der Waals surface area contributed by atoms with Crippen molar-refractivity contribution >= 4 is 17.3 Å². The van der Waals surface area contributed by atoms with Crippen molar-refractivity contribution in [2.45, 2.75) is 78.6 Å². The summed E-state index contributed by atoms with van der Waals surface area (Å²) < 4.78 is 5.11. The predicted octanol–water partition coefficient (Wildman–Crippen LogP) is 7.75. The van der Waals surface area contributed by atoms with Gasteiger partial charge in [-0.1, -0.05) is 92.0 Å². The van der Waals surface area contributed by atoms with Gasteiger partial charge < -0.3 is 4.74 Å². The Morgan fingerprint density at radius 1 is 0.757 bits per heavy atom. The molecule has 3 rings (SSSR count). The molecule has 3 aromatic heterocycles. The third-order valence-corrected chi connectivity index (χ3v) is 5.06. The fourth-order valence-electron chi connectivity index (χ4n) is 2.61. The van der Waals surface area contributed by atoms with Crippen molar-refractivity contribution in [1.82, 2.24) is 19.9 Å². The van der Waals surface area contributed by atoms with Crippen molar-refractivity contribution < 1.29 is 4.74 Å². The molecule has 6 nitrogen and oxygen atoms in total. The molecule has 3 heterocycles. The van der Waals surface area contributed by atoms with Crippen LogP contribution in [0.25, 0.3) is 4.85 Å². The number of hydrogen-bond donors (Lipinski definition) is 0. The first kappa shape index (κ1) is 31.5. The number of hydrogen-bond acceptors (Lipinski definition) is 5. The Morgan fingerprint density at radius 3 is 1.62 bits per heavy atom. The zero-order chi connectivity index (χ0) is 28.3. The molecule has 196 valence electrons.